The molecule has 1 aromatic rings. The van der Waals surface area contributed by atoms with E-state index in [-0.39, 0.29) is 35.8 Å². The number of alkyl halides is 3. The number of halogens is 5. The maximum Gasteiger partial charge on any atom is 0.390 e. The maximum absolute atomic E-state index is 12.2. The predicted octanol–water partition coefficient (Wildman–Crippen LogP) is 4.87. The molecule has 0 aromatic heterocycles. The van der Waals surface area contributed by atoms with E-state index in [4.69, 9.17) is 11.6 Å². The molecule has 0 saturated heterocycles. The Hall–Kier alpha value is -0.350. The van der Waals surface area contributed by atoms with Crippen LogP contribution in [0.15, 0.2) is 29.3 Å². The number of nitrogens with one attached hydrogen (secondary N) is 2. The zero-order valence-corrected chi connectivity index (χ0v) is 17.4. The number of hydrogen-bond acceptors (Lipinski definition) is 2. The molecular weight excluding hydrogens is 474 g/mol. The van der Waals surface area contributed by atoms with Crippen LogP contribution in [-0.4, -0.2) is 38.0 Å². The van der Waals surface area contributed by atoms with Gasteiger partial charge in [0.2, 0.25) is 0 Å². The molecule has 24 heavy (non-hydrogen) atoms. The Morgan fingerprint density at radius 3 is 2.58 bits per heavy atom. The number of benzene rings is 1. The Bertz CT molecular complexity index is 515. The number of thioether (sulfide) groups is 1. The summed E-state index contributed by atoms with van der Waals surface area (Å²) < 4.78 is 36.6. The van der Waals surface area contributed by atoms with Gasteiger partial charge in [-0.2, -0.15) is 24.9 Å². The molecule has 3 nitrogen and oxygen atoms in total. The molecule has 0 fully saturated rings. The first-order valence-corrected chi connectivity index (χ1v) is 8.89. The van der Waals surface area contributed by atoms with Crippen molar-refractivity contribution in [2.75, 3.05) is 25.9 Å². The van der Waals surface area contributed by atoms with E-state index in [1.54, 1.807) is 17.8 Å². The van der Waals surface area contributed by atoms with E-state index in [0.717, 1.165) is 5.56 Å². The zero-order valence-electron chi connectivity index (χ0n) is 13.5. The SMILES string of the molecule is CCNC(=NCC(SC)c1cccc(Cl)c1)NCCC(F)(F)F.I. The van der Waals surface area contributed by atoms with Gasteiger partial charge in [-0.15, -0.1) is 24.0 Å². The van der Waals surface area contributed by atoms with Crippen molar-refractivity contribution in [3.8, 4) is 0 Å². The summed E-state index contributed by atoms with van der Waals surface area (Å²) in [7, 11) is 0. The average Bonchev–Trinajstić information content (AvgIpc) is 2.46. The summed E-state index contributed by atoms with van der Waals surface area (Å²) in [6, 6.07) is 7.51. The van der Waals surface area contributed by atoms with Gasteiger partial charge >= 0.3 is 6.18 Å². The van der Waals surface area contributed by atoms with E-state index in [0.29, 0.717) is 24.1 Å². The molecule has 0 radical (unpaired) electrons. The Morgan fingerprint density at radius 1 is 1.33 bits per heavy atom. The lowest BCUT2D eigenvalue weighted by Gasteiger charge is -2.16. The summed E-state index contributed by atoms with van der Waals surface area (Å²) in [6.07, 6.45) is -3.10. The van der Waals surface area contributed by atoms with Gasteiger partial charge < -0.3 is 10.6 Å². The van der Waals surface area contributed by atoms with Gasteiger partial charge in [0.05, 0.1) is 13.0 Å². The summed E-state index contributed by atoms with van der Waals surface area (Å²) in [5.74, 6) is 0.387. The van der Waals surface area contributed by atoms with Crippen molar-refractivity contribution in [3.63, 3.8) is 0 Å². The first kappa shape index (κ1) is 23.6. The number of aliphatic imine (C=N–C) groups is 1. The molecule has 0 amide bonds. The van der Waals surface area contributed by atoms with Crippen LogP contribution in [0.5, 0.6) is 0 Å². The Morgan fingerprint density at radius 2 is 2.04 bits per heavy atom. The van der Waals surface area contributed by atoms with E-state index in [2.05, 4.69) is 15.6 Å². The minimum Gasteiger partial charge on any atom is -0.357 e. The Labute approximate surface area is 167 Å². The first-order valence-electron chi connectivity index (χ1n) is 7.23. The van der Waals surface area contributed by atoms with Crippen LogP contribution in [0.25, 0.3) is 0 Å². The summed E-state index contributed by atoms with van der Waals surface area (Å²) in [4.78, 5) is 4.37. The molecule has 0 aliphatic carbocycles. The topological polar surface area (TPSA) is 36.4 Å². The third kappa shape index (κ3) is 9.83. The van der Waals surface area contributed by atoms with E-state index in [9.17, 15) is 13.2 Å². The first-order chi connectivity index (χ1) is 10.9. The fourth-order valence-corrected chi connectivity index (χ4v) is 2.70. The normalized spacial score (nSPS) is 13.2. The summed E-state index contributed by atoms with van der Waals surface area (Å²) in [5, 5.41) is 6.39. The molecule has 0 heterocycles. The molecule has 1 atom stereocenters. The smallest absolute Gasteiger partial charge is 0.357 e. The second-order valence-electron chi connectivity index (χ2n) is 4.79. The van der Waals surface area contributed by atoms with Crippen molar-refractivity contribution in [2.24, 2.45) is 4.99 Å². The molecule has 138 valence electrons. The van der Waals surface area contributed by atoms with Crippen LogP contribution in [-0.2, 0) is 0 Å². The molecule has 2 N–H and O–H groups in total. The molecule has 0 aliphatic heterocycles. The molecular formula is C15H22ClF3IN3S. The summed E-state index contributed by atoms with van der Waals surface area (Å²) in [5.41, 5.74) is 1.04. The highest BCUT2D eigenvalue weighted by Crippen LogP contribution is 2.28. The van der Waals surface area contributed by atoms with Crippen molar-refractivity contribution in [2.45, 2.75) is 24.8 Å². The van der Waals surface area contributed by atoms with Crippen molar-refractivity contribution in [3.05, 3.63) is 34.9 Å². The van der Waals surface area contributed by atoms with Crippen LogP contribution < -0.4 is 10.6 Å². The molecule has 1 aromatic carbocycles. The van der Waals surface area contributed by atoms with Gasteiger partial charge in [-0.25, -0.2) is 0 Å². The molecule has 1 rings (SSSR count). The standard InChI is InChI=1S/C15H21ClF3N3S.HI/c1-3-20-14(21-8-7-15(17,18)19)22-10-13(23-2)11-5-4-6-12(16)9-11;/h4-6,9,13H,3,7-8,10H2,1-2H3,(H2,20,21,22);1H. The van der Waals surface area contributed by atoms with Crippen molar-refractivity contribution in [1.82, 2.24) is 10.6 Å². The van der Waals surface area contributed by atoms with Gasteiger partial charge in [-0.3, -0.25) is 4.99 Å². The van der Waals surface area contributed by atoms with Crippen LogP contribution in [0.3, 0.4) is 0 Å². The van der Waals surface area contributed by atoms with Gasteiger partial charge in [-0.1, -0.05) is 23.7 Å². The second kappa shape index (κ2) is 12.1. The summed E-state index contributed by atoms with van der Waals surface area (Å²) in [6.45, 7) is 2.70. The third-order valence-corrected chi connectivity index (χ3v) is 4.19. The predicted molar refractivity (Wildman–Crippen MR) is 108 cm³/mol. The minimum absolute atomic E-state index is 0. The van der Waals surface area contributed by atoms with E-state index < -0.39 is 12.6 Å². The monoisotopic (exact) mass is 495 g/mol. The Balaban J connectivity index is 0.00000529. The average molecular weight is 496 g/mol. The van der Waals surface area contributed by atoms with Gasteiger partial charge in [0.25, 0.3) is 0 Å². The Kier molecular flexibility index (Phi) is 11.9. The van der Waals surface area contributed by atoms with Gasteiger partial charge in [0, 0.05) is 23.4 Å². The molecule has 0 aliphatic rings. The molecule has 1 unspecified atom stereocenters. The third-order valence-electron chi connectivity index (χ3n) is 2.97. The highest BCUT2D eigenvalue weighted by atomic mass is 127. The van der Waals surface area contributed by atoms with E-state index in [1.165, 1.54) is 0 Å². The number of hydrogen-bond donors (Lipinski definition) is 2. The maximum atomic E-state index is 12.2. The van der Waals surface area contributed by atoms with E-state index >= 15 is 0 Å². The number of guanidine groups is 1. The van der Waals surface area contributed by atoms with Gasteiger partial charge in [-0.05, 0) is 30.9 Å². The van der Waals surface area contributed by atoms with Crippen molar-refractivity contribution < 1.29 is 13.2 Å². The lowest BCUT2D eigenvalue weighted by atomic mass is 10.1. The second-order valence-corrected chi connectivity index (χ2v) is 6.27. The summed E-state index contributed by atoms with van der Waals surface area (Å²) >= 11 is 7.61. The molecule has 0 saturated carbocycles. The quantitative estimate of drug-likeness (QED) is 0.322. The van der Waals surface area contributed by atoms with Gasteiger partial charge in [0.15, 0.2) is 5.96 Å². The lowest BCUT2D eigenvalue weighted by Crippen LogP contribution is -2.39. The highest BCUT2D eigenvalue weighted by molar-refractivity contribution is 14.0. The largest absolute Gasteiger partial charge is 0.390 e. The fourth-order valence-electron chi connectivity index (χ4n) is 1.86. The van der Waals surface area contributed by atoms with Crippen LogP contribution in [0, 0.1) is 0 Å². The van der Waals surface area contributed by atoms with Crippen molar-refractivity contribution >= 4 is 53.3 Å². The highest BCUT2D eigenvalue weighted by Gasteiger charge is 2.26. The fraction of sp³-hybridized carbons (Fsp3) is 0.533. The minimum atomic E-state index is -4.17. The van der Waals surface area contributed by atoms with Crippen LogP contribution >= 0.6 is 47.3 Å². The lowest BCUT2D eigenvalue weighted by molar-refractivity contribution is -0.132. The van der Waals surface area contributed by atoms with Crippen molar-refractivity contribution in [1.29, 1.82) is 0 Å². The van der Waals surface area contributed by atoms with Crippen LogP contribution in [0.4, 0.5) is 13.2 Å². The van der Waals surface area contributed by atoms with Crippen LogP contribution in [0.1, 0.15) is 24.2 Å². The number of rotatable bonds is 7. The zero-order chi connectivity index (χ0) is 17.3. The van der Waals surface area contributed by atoms with Gasteiger partial charge in [0.1, 0.15) is 0 Å². The van der Waals surface area contributed by atoms with E-state index in [1.807, 2.05) is 31.4 Å². The molecule has 0 bridgehead atoms. The molecule has 9 heteroatoms. The van der Waals surface area contributed by atoms with Crippen LogP contribution in [0.2, 0.25) is 5.02 Å². The number of nitrogens with zero attached hydrogens (tertiary/aromatic N) is 1. The molecule has 0 spiro atoms.